The standard InChI is InChI=1S/C9H15O.3C4H9.Sn/c1-9(2,3)7-5-4-6-8-10;3*1-3-4-2;/h5-7,10H,8H2,1-3H3;3*1,3-4H2,2H3;/b6-4?,7-5+;;;;. The van der Waals surface area contributed by atoms with Gasteiger partial charge in [0.2, 0.25) is 0 Å². The van der Waals surface area contributed by atoms with E-state index in [1.807, 2.05) is 0 Å². The van der Waals surface area contributed by atoms with Crippen molar-refractivity contribution in [2.45, 2.75) is 93.4 Å². The molecule has 0 fully saturated rings. The predicted molar refractivity (Wildman–Crippen MR) is 109 cm³/mol. The van der Waals surface area contributed by atoms with Gasteiger partial charge in [0.1, 0.15) is 0 Å². The summed E-state index contributed by atoms with van der Waals surface area (Å²) in [5, 5.41) is 9.63. The molecule has 0 saturated heterocycles. The molecule has 0 atom stereocenters. The number of unbranched alkanes of at least 4 members (excludes halogenated alkanes) is 3. The third-order valence-electron chi connectivity index (χ3n) is 4.71. The summed E-state index contributed by atoms with van der Waals surface area (Å²) in [5.41, 5.74) is 0.215. The van der Waals surface area contributed by atoms with Crippen LogP contribution in [0, 0.1) is 5.41 Å². The quantitative estimate of drug-likeness (QED) is 0.264. The molecule has 0 aliphatic carbocycles. The van der Waals surface area contributed by atoms with Crippen molar-refractivity contribution in [3.05, 3.63) is 21.8 Å². The molecule has 0 aromatic rings. The molecule has 0 amide bonds. The van der Waals surface area contributed by atoms with E-state index in [0.29, 0.717) is 0 Å². The summed E-state index contributed by atoms with van der Waals surface area (Å²) in [4.78, 5) is 0. The van der Waals surface area contributed by atoms with Crippen molar-refractivity contribution in [2.24, 2.45) is 5.41 Å². The van der Waals surface area contributed by atoms with Crippen LogP contribution in [0.2, 0.25) is 13.3 Å². The van der Waals surface area contributed by atoms with Crippen LogP contribution in [0.15, 0.2) is 21.8 Å². The fourth-order valence-corrected chi connectivity index (χ4v) is 19.4. The van der Waals surface area contributed by atoms with E-state index in [-0.39, 0.29) is 12.0 Å². The van der Waals surface area contributed by atoms with Crippen LogP contribution in [0.5, 0.6) is 0 Å². The van der Waals surface area contributed by atoms with Gasteiger partial charge in [0.15, 0.2) is 0 Å². The van der Waals surface area contributed by atoms with Crippen molar-refractivity contribution in [3.8, 4) is 0 Å². The summed E-state index contributed by atoms with van der Waals surface area (Å²) in [5.74, 6) is 0. The van der Waals surface area contributed by atoms with Crippen LogP contribution in [-0.4, -0.2) is 30.1 Å². The Hall–Kier alpha value is 0.239. The molecule has 0 unspecified atom stereocenters. The van der Waals surface area contributed by atoms with Gasteiger partial charge in [0.25, 0.3) is 0 Å². The van der Waals surface area contributed by atoms with Gasteiger partial charge < -0.3 is 0 Å². The van der Waals surface area contributed by atoms with E-state index < -0.39 is 18.4 Å². The Bertz CT molecular complexity index is 328. The van der Waals surface area contributed by atoms with Crippen LogP contribution in [0.1, 0.15) is 80.1 Å². The molecule has 0 aromatic heterocycles. The molecule has 136 valence electrons. The van der Waals surface area contributed by atoms with E-state index in [2.05, 4.69) is 59.8 Å². The first kappa shape index (κ1) is 23.2. The molecule has 0 spiro atoms. The zero-order valence-electron chi connectivity index (χ0n) is 16.8. The minimum absolute atomic E-state index is 0.201. The van der Waals surface area contributed by atoms with Crippen molar-refractivity contribution in [2.75, 3.05) is 6.61 Å². The summed E-state index contributed by atoms with van der Waals surface area (Å²) >= 11 is -2.39. The normalized spacial score (nSPS) is 14.0. The average molecular weight is 429 g/mol. The molecular weight excluding hydrogens is 387 g/mol. The third-order valence-corrected chi connectivity index (χ3v) is 20.5. The second-order valence-electron chi connectivity index (χ2n) is 8.13. The SMILES string of the molecule is CCC[CH2][Sn]([CH2]CCC)([CH2]CCC)[C](/C=C/C(C)(C)C)=C/CO. The molecule has 1 nitrogen and oxygen atoms in total. The number of aliphatic hydroxyl groups is 1. The Kier molecular flexibility index (Phi) is 12.7. The van der Waals surface area contributed by atoms with E-state index in [1.165, 1.54) is 51.8 Å². The van der Waals surface area contributed by atoms with Crippen LogP contribution in [0.3, 0.4) is 0 Å². The van der Waals surface area contributed by atoms with Gasteiger partial charge in [-0.15, -0.1) is 0 Å². The topological polar surface area (TPSA) is 20.2 Å². The molecule has 0 aliphatic heterocycles. The summed E-state index contributed by atoms with van der Waals surface area (Å²) in [6.45, 7) is 13.9. The molecule has 0 aliphatic rings. The summed E-state index contributed by atoms with van der Waals surface area (Å²) < 4.78 is 5.98. The van der Waals surface area contributed by atoms with Crippen molar-refractivity contribution < 1.29 is 5.11 Å². The van der Waals surface area contributed by atoms with Gasteiger partial charge in [0, 0.05) is 0 Å². The average Bonchev–Trinajstić information content (AvgIpc) is 2.50. The number of allylic oxidation sites excluding steroid dienone is 3. The van der Waals surface area contributed by atoms with Crippen LogP contribution in [0.4, 0.5) is 0 Å². The molecule has 0 radical (unpaired) electrons. The first-order valence-electron chi connectivity index (χ1n) is 9.86. The maximum absolute atomic E-state index is 9.63. The second-order valence-corrected chi connectivity index (χ2v) is 21.4. The fourth-order valence-electron chi connectivity index (χ4n) is 3.25. The molecule has 1 N–H and O–H groups in total. The van der Waals surface area contributed by atoms with Gasteiger partial charge in [-0.05, 0) is 0 Å². The van der Waals surface area contributed by atoms with Crippen molar-refractivity contribution in [3.63, 3.8) is 0 Å². The van der Waals surface area contributed by atoms with E-state index >= 15 is 0 Å². The number of aliphatic hydroxyl groups excluding tert-OH is 1. The molecular formula is C21H42OSn. The van der Waals surface area contributed by atoms with Crippen LogP contribution in [0.25, 0.3) is 0 Å². The Balaban J connectivity index is 5.64. The first-order valence-corrected chi connectivity index (χ1v) is 17.3. The Morgan fingerprint density at radius 1 is 0.870 bits per heavy atom. The fraction of sp³-hybridized carbons (Fsp3) is 0.810. The predicted octanol–water partition coefficient (Wildman–Crippen LogP) is 6.90. The number of rotatable bonds is 12. The van der Waals surface area contributed by atoms with Gasteiger partial charge in [-0.2, -0.15) is 0 Å². The van der Waals surface area contributed by atoms with Crippen molar-refractivity contribution >= 4 is 18.4 Å². The van der Waals surface area contributed by atoms with E-state index in [9.17, 15) is 5.11 Å². The Morgan fingerprint density at radius 2 is 1.30 bits per heavy atom. The molecule has 0 saturated carbocycles. The van der Waals surface area contributed by atoms with Gasteiger partial charge in [-0.3, -0.25) is 0 Å². The van der Waals surface area contributed by atoms with E-state index in [1.54, 1.807) is 3.59 Å². The number of hydrogen-bond acceptors (Lipinski definition) is 1. The van der Waals surface area contributed by atoms with Crippen LogP contribution >= 0.6 is 0 Å². The van der Waals surface area contributed by atoms with Crippen LogP contribution in [-0.2, 0) is 0 Å². The second kappa shape index (κ2) is 12.6. The van der Waals surface area contributed by atoms with Crippen molar-refractivity contribution in [1.82, 2.24) is 0 Å². The molecule has 23 heavy (non-hydrogen) atoms. The summed E-state index contributed by atoms with van der Waals surface area (Å²) in [6.07, 6.45) is 14.9. The zero-order valence-corrected chi connectivity index (χ0v) is 19.6. The van der Waals surface area contributed by atoms with E-state index in [4.69, 9.17) is 0 Å². The summed E-state index contributed by atoms with van der Waals surface area (Å²) in [7, 11) is 0. The van der Waals surface area contributed by atoms with Gasteiger partial charge in [0.05, 0.1) is 0 Å². The number of hydrogen-bond donors (Lipinski definition) is 1. The third kappa shape index (κ3) is 9.96. The zero-order chi connectivity index (χ0) is 17.8. The maximum atomic E-state index is 9.63. The molecule has 0 heterocycles. The van der Waals surface area contributed by atoms with Gasteiger partial charge in [-0.25, -0.2) is 0 Å². The van der Waals surface area contributed by atoms with Gasteiger partial charge in [-0.1, -0.05) is 0 Å². The first-order chi connectivity index (χ1) is 10.8. The Morgan fingerprint density at radius 3 is 1.61 bits per heavy atom. The molecule has 2 heteroatoms. The minimum atomic E-state index is -2.39. The van der Waals surface area contributed by atoms with Crippen molar-refractivity contribution in [1.29, 1.82) is 0 Å². The van der Waals surface area contributed by atoms with Gasteiger partial charge >= 0.3 is 151 Å². The van der Waals surface area contributed by atoms with Crippen LogP contribution < -0.4 is 0 Å². The molecule has 0 bridgehead atoms. The molecule has 0 aromatic carbocycles. The molecule has 0 rings (SSSR count). The van der Waals surface area contributed by atoms with E-state index in [0.717, 1.165) is 0 Å². The Labute approximate surface area is 150 Å². The monoisotopic (exact) mass is 430 g/mol. The summed E-state index contributed by atoms with van der Waals surface area (Å²) in [6, 6.07) is 0.